The summed E-state index contributed by atoms with van der Waals surface area (Å²) in [5.74, 6) is -4.04. The number of tetrazole rings is 1. The molecule has 1 heterocycles. The number of nitrogens with zero attached hydrogens (tertiary/aromatic N) is 4. The maximum absolute atomic E-state index is 13.8. The van der Waals surface area contributed by atoms with Gasteiger partial charge in [0.1, 0.15) is 5.69 Å². The minimum absolute atomic E-state index is 0.180. The Morgan fingerprint density at radius 3 is 2.33 bits per heavy atom. The van der Waals surface area contributed by atoms with Crippen LogP contribution in [0.2, 0.25) is 0 Å². The lowest BCUT2D eigenvalue weighted by atomic mass is 10.2. The van der Waals surface area contributed by atoms with E-state index >= 15 is 0 Å². The Morgan fingerprint density at radius 1 is 0.905 bits per heavy atom. The minimum Gasteiger partial charge on any atom is -0.399 e. The number of halogens is 3. The first kappa shape index (κ1) is 13.1. The van der Waals surface area contributed by atoms with E-state index in [1.807, 2.05) is 0 Å². The Bertz CT molecular complexity index is 798. The molecule has 0 unspecified atom stereocenters. The number of hydrogen-bond donors (Lipinski definition) is 1. The highest BCUT2D eigenvalue weighted by molar-refractivity contribution is 5.60. The third-order valence-corrected chi connectivity index (χ3v) is 2.88. The largest absolute Gasteiger partial charge is 0.399 e. The number of aromatic nitrogens is 4. The van der Waals surface area contributed by atoms with Crippen molar-refractivity contribution >= 4 is 5.69 Å². The predicted octanol–water partition coefficient (Wildman–Crippen LogP) is 2.33. The number of benzene rings is 2. The molecular formula is C13H8F3N5. The second-order valence-corrected chi connectivity index (χ2v) is 4.23. The van der Waals surface area contributed by atoms with Crippen LogP contribution in [-0.4, -0.2) is 20.2 Å². The summed E-state index contributed by atoms with van der Waals surface area (Å²) in [6.45, 7) is 0. The monoisotopic (exact) mass is 291 g/mol. The molecule has 0 aliphatic carbocycles. The quantitative estimate of drug-likeness (QED) is 0.581. The van der Waals surface area contributed by atoms with E-state index in [1.165, 1.54) is 0 Å². The Labute approximate surface area is 116 Å². The highest BCUT2D eigenvalue weighted by Crippen LogP contribution is 2.24. The van der Waals surface area contributed by atoms with Gasteiger partial charge in [-0.3, -0.25) is 0 Å². The molecule has 0 atom stereocenters. The summed E-state index contributed by atoms with van der Waals surface area (Å²) >= 11 is 0. The molecule has 0 spiro atoms. The highest BCUT2D eigenvalue weighted by atomic mass is 19.2. The van der Waals surface area contributed by atoms with Gasteiger partial charge in [-0.2, -0.15) is 4.68 Å². The summed E-state index contributed by atoms with van der Waals surface area (Å²) in [6.07, 6.45) is 0. The van der Waals surface area contributed by atoms with Gasteiger partial charge in [0.05, 0.1) is 0 Å². The average molecular weight is 291 g/mol. The molecule has 8 heteroatoms. The molecule has 0 fully saturated rings. The Morgan fingerprint density at radius 2 is 1.62 bits per heavy atom. The van der Waals surface area contributed by atoms with Crippen molar-refractivity contribution in [3.8, 4) is 17.1 Å². The van der Waals surface area contributed by atoms with Crippen LogP contribution in [0.3, 0.4) is 0 Å². The van der Waals surface area contributed by atoms with Crippen molar-refractivity contribution in [3.05, 3.63) is 53.8 Å². The van der Waals surface area contributed by atoms with E-state index in [9.17, 15) is 13.2 Å². The van der Waals surface area contributed by atoms with Crippen molar-refractivity contribution in [3.63, 3.8) is 0 Å². The molecule has 5 nitrogen and oxygen atoms in total. The normalized spacial score (nSPS) is 10.8. The van der Waals surface area contributed by atoms with E-state index in [0.29, 0.717) is 11.3 Å². The van der Waals surface area contributed by atoms with Gasteiger partial charge in [-0.15, -0.1) is 5.10 Å². The predicted molar refractivity (Wildman–Crippen MR) is 68.9 cm³/mol. The van der Waals surface area contributed by atoms with E-state index in [1.54, 1.807) is 24.3 Å². The molecule has 1 aromatic heterocycles. The van der Waals surface area contributed by atoms with E-state index in [-0.39, 0.29) is 11.5 Å². The lowest BCUT2D eigenvalue weighted by molar-refractivity contribution is 0.443. The second-order valence-electron chi connectivity index (χ2n) is 4.23. The fraction of sp³-hybridized carbons (Fsp3) is 0. The summed E-state index contributed by atoms with van der Waals surface area (Å²) in [5.41, 5.74) is 6.39. The first-order valence-electron chi connectivity index (χ1n) is 5.86. The van der Waals surface area contributed by atoms with Crippen molar-refractivity contribution < 1.29 is 13.2 Å². The molecule has 0 aliphatic heterocycles. The molecule has 3 rings (SSSR count). The fourth-order valence-electron chi connectivity index (χ4n) is 1.84. The number of anilines is 1. The molecule has 21 heavy (non-hydrogen) atoms. The molecule has 0 bridgehead atoms. The van der Waals surface area contributed by atoms with E-state index < -0.39 is 17.5 Å². The lowest BCUT2D eigenvalue weighted by Crippen LogP contribution is -2.05. The summed E-state index contributed by atoms with van der Waals surface area (Å²) in [6, 6.07) is 8.38. The van der Waals surface area contributed by atoms with Crippen LogP contribution in [0.25, 0.3) is 17.1 Å². The van der Waals surface area contributed by atoms with Crippen LogP contribution >= 0.6 is 0 Å². The molecule has 2 N–H and O–H groups in total. The molecule has 0 radical (unpaired) electrons. The van der Waals surface area contributed by atoms with Gasteiger partial charge < -0.3 is 5.73 Å². The van der Waals surface area contributed by atoms with Crippen LogP contribution in [0.5, 0.6) is 0 Å². The van der Waals surface area contributed by atoms with Gasteiger partial charge in [-0.1, -0.05) is 0 Å². The zero-order chi connectivity index (χ0) is 15.0. The van der Waals surface area contributed by atoms with Crippen LogP contribution < -0.4 is 5.73 Å². The van der Waals surface area contributed by atoms with Crippen LogP contribution in [-0.2, 0) is 0 Å². The molecule has 106 valence electrons. The Balaban J connectivity index is 2.16. The van der Waals surface area contributed by atoms with Crippen LogP contribution in [0.15, 0.2) is 36.4 Å². The van der Waals surface area contributed by atoms with Crippen molar-refractivity contribution in [2.45, 2.75) is 0 Å². The number of rotatable bonds is 2. The summed E-state index contributed by atoms with van der Waals surface area (Å²) in [5, 5.41) is 10.8. The summed E-state index contributed by atoms with van der Waals surface area (Å²) in [7, 11) is 0. The van der Waals surface area contributed by atoms with Crippen molar-refractivity contribution in [2.24, 2.45) is 0 Å². The van der Waals surface area contributed by atoms with Gasteiger partial charge in [0.15, 0.2) is 23.3 Å². The Hall–Kier alpha value is -2.90. The van der Waals surface area contributed by atoms with Crippen molar-refractivity contribution in [1.29, 1.82) is 0 Å². The van der Waals surface area contributed by atoms with E-state index in [2.05, 4.69) is 15.5 Å². The second kappa shape index (κ2) is 4.89. The standard InChI is InChI=1S/C13H8F3N5/c14-9-5-6-10(12(16)11(9)15)21-13(18-19-20-21)7-1-3-8(17)4-2-7/h1-6H,17H2. The van der Waals surface area contributed by atoms with Gasteiger partial charge in [0, 0.05) is 11.3 Å². The number of nitrogen functional groups attached to an aromatic ring is 1. The molecule has 2 aromatic carbocycles. The molecule has 0 saturated heterocycles. The highest BCUT2D eigenvalue weighted by Gasteiger charge is 2.19. The summed E-state index contributed by atoms with van der Waals surface area (Å²) in [4.78, 5) is 0. The van der Waals surface area contributed by atoms with Crippen molar-refractivity contribution in [1.82, 2.24) is 20.2 Å². The topological polar surface area (TPSA) is 69.6 Å². The third-order valence-electron chi connectivity index (χ3n) is 2.88. The summed E-state index contributed by atoms with van der Waals surface area (Å²) < 4.78 is 41.1. The van der Waals surface area contributed by atoms with Gasteiger partial charge in [-0.25, -0.2) is 13.2 Å². The Kier molecular flexibility index (Phi) is 3.05. The zero-order valence-electron chi connectivity index (χ0n) is 10.5. The molecule has 0 saturated carbocycles. The zero-order valence-corrected chi connectivity index (χ0v) is 10.5. The van der Waals surface area contributed by atoms with Gasteiger partial charge in [0.25, 0.3) is 0 Å². The first-order valence-corrected chi connectivity index (χ1v) is 5.86. The van der Waals surface area contributed by atoms with Crippen LogP contribution in [0.1, 0.15) is 0 Å². The molecule has 3 aromatic rings. The molecule has 0 amide bonds. The fourth-order valence-corrected chi connectivity index (χ4v) is 1.84. The SMILES string of the molecule is Nc1ccc(-c2nnnn2-c2ccc(F)c(F)c2F)cc1. The molecule has 0 aliphatic rings. The average Bonchev–Trinajstić information content (AvgIpc) is 2.95. The maximum atomic E-state index is 13.8. The third kappa shape index (κ3) is 2.20. The van der Waals surface area contributed by atoms with Gasteiger partial charge >= 0.3 is 0 Å². The molecular weight excluding hydrogens is 283 g/mol. The van der Waals surface area contributed by atoms with Crippen molar-refractivity contribution in [2.75, 3.05) is 5.73 Å². The smallest absolute Gasteiger partial charge is 0.196 e. The van der Waals surface area contributed by atoms with Gasteiger partial charge in [0.2, 0.25) is 0 Å². The number of hydrogen-bond acceptors (Lipinski definition) is 4. The van der Waals surface area contributed by atoms with E-state index in [4.69, 9.17) is 5.73 Å². The maximum Gasteiger partial charge on any atom is 0.196 e. The minimum atomic E-state index is -1.58. The first-order chi connectivity index (χ1) is 10.1. The van der Waals surface area contributed by atoms with Crippen LogP contribution in [0, 0.1) is 17.5 Å². The number of nitrogens with two attached hydrogens (primary N) is 1. The van der Waals surface area contributed by atoms with Crippen LogP contribution in [0.4, 0.5) is 18.9 Å². The van der Waals surface area contributed by atoms with E-state index in [0.717, 1.165) is 16.8 Å². The lowest BCUT2D eigenvalue weighted by Gasteiger charge is -2.07. The van der Waals surface area contributed by atoms with Gasteiger partial charge in [-0.05, 0) is 46.8 Å².